The Morgan fingerprint density at radius 1 is 1.48 bits per heavy atom. The average Bonchev–Trinajstić information content (AvgIpc) is 3.18. The van der Waals surface area contributed by atoms with Gasteiger partial charge < -0.3 is 14.7 Å². The summed E-state index contributed by atoms with van der Waals surface area (Å²) < 4.78 is 5.68. The number of rotatable bonds is 6. The van der Waals surface area contributed by atoms with Crippen LogP contribution in [0.2, 0.25) is 0 Å². The van der Waals surface area contributed by atoms with Crippen LogP contribution in [0.15, 0.2) is 52.8 Å². The summed E-state index contributed by atoms with van der Waals surface area (Å²) in [6.45, 7) is 5.80. The molecule has 0 aliphatic carbocycles. The Morgan fingerprint density at radius 3 is 3.13 bits per heavy atom. The largest absolute Gasteiger partial charge is 0.411 e. The summed E-state index contributed by atoms with van der Waals surface area (Å²) in [5, 5.41) is 11.9. The SMILES string of the molecule is C=CCNC(=O)C(C)Sc1nnc(-c2c[nH]c3ccccc23)o1. The fourth-order valence-electron chi connectivity index (χ4n) is 2.14. The third-order valence-corrected chi connectivity index (χ3v) is 4.23. The first-order valence-electron chi connectivity index (χ1n) is 7.14. The lowest BCUT2D eigenvalue weighted by Crippen LogP contribution is -2.30. The van der Waals surface area contributed by atoms with E-state index in [1.165, 1.54) is 11.8 Å². The van der Waals surface area contributed by atoms with Gasteiger partial charge in [0.25, 0.3) is 11.1 Å². The molecule has 23 heavy (non-hydrogen) atoms. The summed E-state index contributed by atoms with van der Waals surface area (Å²) in [5.41, 5.74) is 1.86. The molecule has 6 nitrogen and oxygen atoms in total. The number of hydrogen-bond acceptors (Lipinski definition) is 5. The highest BCUT2D eigenvalue weighted by atomic mass is 32.2. The molecule has 7 heteroatoms. The van der Waals surface area contributed by atoms with E-state index in [1.54, 1.807) is 13.0 Å². The maximum atomic E-state index is 11.8. The Hall–Kier alpha value is -2.54. The van der Waals surface area contributed by atoms with E-state index in [9.17, 15) is 4.79 Å². The predicted molar refractivity (Wildman–Crippen MR) is 90.1 cm³/mol. The summed E-state index contributed by atoms with van der Waals surface area (Å²) in [7, 11) is 0. The zero-order valence-electron chi connectivity index (χ0n) is 12.6. The van der Waals surface area contributed by atoms with Crippen LogP contribution in [-0.4, -0.2) is 32.9 Å². The Balaban J connectivity index is 1.75. The lowest BCUT2D eigenvalue weighted by Gasteiger charge is -2.07. The number of hydrogen-bond donors (Lipinski definition) is 2. The molecule has 3 rings (SSSR count). The summed E-state index contributed by atoms with van der Waals surface area (Å²) >= 11 is 1.23. The van der Waals surface area contributed by atoms with Gasteiger partial charge in [-0.3, -0.25) is 4.79 Å². The fourth-order valence-corrected chi connectivity index (χ4v) is 2.84. The van der Waals surface area contributed by atoms with Gasteiger partial charge in [-0.2, -0.15) is 0 Å². The first-order valence-corrected chi connectivity index (χ1v) is 8.02. The number of thioether (sulfide) groups is 1. The number of benzene rings is 1. The summed E-state index contributed by atoms with van der Waals surface area (Å²) in [6, 6.07) is 7.89. The smallest absolute Gasteiger partial charge is 0.277 e. The Bertz CT molecular complexity index is 839. The molecule has 0 bridgehead atoms. The molecule has 0 spiro atoms. The van der Waals surface area contributed by atoms with Gasteiger partial charge in [0.2, 0.25) is 5.91 Å². The summed E-state index contributed by atoms with van der Waals surface area (Å²) in [4.78, 5) is 15.0. The van der Waals surface area contributed by atoms with Crippen LogP contribution < -0.4 is 5.32 Å². The van der Waals surface area contributed by atoms with Crippen molar-refractivity contribution in [2.24, 2.45) is 0 Å². The Labute approximate surface area is 137 Å². The zero-order chi connectivity index (χ0) is 16.2. The number of nitrogens with one attached hydrogen (secondary N) is 2. The van der Waals surface area contributed by atoms with Crippen LogP contribution in [0.4, 0.5) is 0 Å². The van der Waals surface area contributed by atoms with Crippen LogP contribution in [0.1, 0.15) is 6.92 Å². The monoisotopic (exact) mass is 328 g/mol. The molecule has 0 saturated carbocycles. The van der Waals surface area contributed by atoms with Crippen molar-refractivity contribution in [2.45, 2.75) is 17.4 Å². The number of nitrogens with zero attached hydrogens (tertiary/aromatic N) is 2. The van der Waals surface area contributed by atoms with Gasteiger partial charge in [0, 0.05) is 23.6 Å². The van der Waals surface area contributed by atoms with E-state index in [2.05, 4.69) is 27.1 Å². The minimum absolute atomic E-state index is 0.0956. The third-order valence-electron chi connectivity index (χ3n) is 3.29. The van der Waals surface area contributed by atoms with E-state index in [0.717, 1.165) is 16.5 Å². The molecule has 2 N–H and O–H groups in total. The van der Waals surface area contributed by atoms with E-state index in [4.69, 9.17) is 4.42 Å². The first kappa shape index (κ1) is 15.4. The van der Waals surface area contributed by atoms with E-state index >= 15 is 0 Å². The van der Waals surface area contributed by atoms with Gasteiger partial charge in [-0.1, -0.05) is 36.0 Å². The molecule has 0 fully saturated rings. The van der Waals surface area contributed by atoms with Crippen LogP contribution in [0, 0.1) is 0 Å². The van der Waals surface area contributed by atoms with Crippen molar-refractivity contribution in [1.29, 1.82) is 0 Å². The fraction of sp³-hybridized carbons (Fsp3) is 0.188. The topological polar surface area (TPSA) is 83.8 Å². The average molecular weight is 328 g/mol. The molecule has 118 valence electrons. The number of aromatic nitrogens is 3. The molecule has 1 aromatic carbocycles. The highest BCUT2D eigenvalue weighted by Gasteiger charge is 2.19. The quantitative estimate of drug-likeness (QED) is 0.537. The van der Waals surface area contributed by atoms with Crippen molar-refractivity contribution in [3.63, 3.8) is 0 Å². The molecule has 2 aromatic heterocycles. The highest BCUT2D eigenvalue weighted by Crippen LogP contribution is 2.30. The highest BCUT2D eigenvalue weighted by molar-refractivity contribution is 8.00. The number of carbonyl (C=O) groups excluding carboxylic acids is 1. The van der Waals surface area contributed by atoms with Crippen LogP contribution in [0.3, 0.4) is 0 Å². The minimum atomic E-state index is -0.328. The van der Waals surface area contributed by atoms with Crippen molar-refractivity contribution in [3.05, 3.63) is 43.1 Å². The van der Waals surface area contributed by atoms with Crippen molar-refractivity contribution in [1.82, 2.24) is 20.5 Å². The van der Waals surface area contributed by atoms with Crippen molar-refractivity contribution in [3.8, 4) is 11.5 Å². The molecule has 1 atom stereocenters. The van der Waals surface area contributed by atoms with Crippen LogP contribution in [-0.2, 0) is 4.79 Å². The van der Waals surface area contributed by atoms with Gasteiger partial charge in [0.05, 0.1) is 10.8 Å². The van der Waals surface area contributed by atoms with Gasteiger partial charge in [-0.15, -0.1) is 16.8 Å². The maximum absolute atomic E-state index is 11.8. The number of aromatic amines is 1. The Kier molecular flexibility index (Phi) is 4.47. The van der Waals surface area contributed by atoms with Gasteiger partial charge in [-0.25, -0.2) is 0 Å². The molecule has 2 heterocycles. The van der Waals surface area contributed by atoms with Gasteiger partial charge in [0.1, 0.15) is 0 Å². The predicted octanol–water partition coefficient (Wildman–Crippen LogP) is 3.00. The second kappa shape index (κ2) is 6.70. The van der Waals surface area contributed by atoms with Crippen LogP contribution in [0.25, 0.3) is 22.4 Å². The molecule has 3 aromatic rings. The van der Waals surface area contributed by atoms with Gasteiger partial charge >= 0.3 is 0 Å². The van der Waals surface area contributed by atoms with Crippen molar-refractivity contribution >= 4 is 28.6 Å². The summed E-state index contributed by atoms with van der Waals surface area (Å²) in [5.74, 6) is 0.338. The zero-order valence-corrected chi connectivity index (χ0v) is 13.4. The van der Waals surface area contributed by atoms with E-state index < -0.39 is 0 Å². The van der Waals surface area contributed by atoms with E-state index in [-0.39, 0.29) is 11.2 Å². The minimum Gasteiger partial charge on any atom is -0.411 e. The van der Waals surface area contributed by atoms with Crippen LogP contribution >= 0.6 is 11.8 Å². The third kappa shape index (κ3) is 3.29. The van der Waals surface area contributed by atoms with Crippen molar-refractivity contribution < 1.29 is 9.21 Å². The molecular formula is C16H16N4O2S. The second-order valence-electron chi connectivity index (χ2n) is 4.91. The van der Waals surface area contributed by atoms with Gasteiger partial charge in [-0.05, 0) is 13.0 Å². The molecule has 0 aliphatic heterocycles. The maximum Gasteiger partial charge on any atom is 0.277 e. The standard InChI is InChI=1S/C16H16N4O2S/c1-3-8-17-14(21)10(2)23-16-20-19-15(22-16)12-9-18-13-7-5-4-6-11(12)13/h3-7,9-10,18H,1,8H2,2H3,(H,17,21). The number of H-pyrrole nitrogens is 1. The first-order chi connectivity index (χ1) is 11.2. The number of amides is 1. The normalized spacial score (nSPS) is 12.2. The number of para-hydroxylation sites is 1. The number of carbonyl (C=O) groups is 1. The number of fused-ring (bicyclic) bond motifs is 1. The molecular weight excluding hydrogens is 312 g/mol. The van der Waals surface area contributed by atoms with E-state index in [1.807, 2.05) is 30.5 Å². The molecule has 0 saturated heterocycles. The van der Waals surface area contributed by atoms with E-state index in [0.29, 0.717) is 17.7 Å². The lowest BCUT2D eigenvalue weighted by molar-refractivity contribution is -0.120. The summed E-state index contributed by atoms with van der Waals surface area (Å²) in [6.07, 6.45) is 3.48. The van der Waals surface area contributed by atoms with Crippen LogP contribution in [0.5, 0.6) is 0 Å². The molecule has 0 aliphatic rings. The molecule has 1 unspecified atom stereocenters. The molecule has 1 amide bonds. The lowest BCUT2D eigenvalue weighted by atomic mass is 10.2. The Morgan fingerprint density at radius 2 is 2.30 bits per heavy atom. The van der Waals surface area contributed by atoms with Gasteiger partial charge in [0.15, 0.2) is 0 Å². The van der Waals surface area contributed by atoms with Crippen molar-refractivity contribution in [2.75, 3.05) is 6.54 Å². The molecule has 0 radical (unpaired) electrons. The second-order valence-corrected chi connectivity index (χ2v) is 6.21.